The molecule has 1 aliphatic heterocycles. The van der Waals surface area contributed by atoms with E-state index in [1.165, 1.54) is 5.69 Å². The maximum absolute atomic E-state index is 12.6. The van der Waals surface area contributed by atoms with Crippen LogP contribution in [0.1, 0.15) is 44.0 Å². The van der Waals surface area contributed by atoms with Crippen LogP contribution in [-0.2, 0) is 29.5 Å². The van der Waals surface area contributed by atoms with E-state index < -0.39 is 0 Å². The van der Waals surface area contributed by atoms with Crippen molar-refractivity contribution in [1.82, 2.24) is 29.8 Å². The van der Waals surface area contributed by atoms with Crippen LogP contribution in [0.5, 0.6) is 0 Å². The summed E-state index contributed by atoms with van der Waals surface area (Å²) in [5, 5.41) is 14.3. The molecule has 3 amide bonds. The van der Waals surface area contributed by atoms with Crippen LogP contribution in [-0.4, -0.2) is 61.7 Å². The first-order valence-corrected chi connectivity index (χ1v) is 10.3. The number of carbonyl (C=O) groups is 2. The third-order valence-corrected chi connectivity index (χ3v) is 5.65. The van der Waals surface area contributed by atoms with Crippen molar-refractivity contribution in [2.75, 3.05) is 25.0 Å². The number of morpholine rings is 1. The van der Waals surface area contributed by atoms with E-state index >= 15 is 0 Å². The Kier molecular flexibility index (Phi) is 5.50. The number of hydrogen-bond acceptors (Lipinski definition) is 5. The van der Waals surface area contributed by atoms with Crippen molar-refractivity contribution >= 4 is 17.6 Å². The number of nitrogens with zero attached hydrogens (tertiary/aromatic N) is 5. The molecule has 0 aromatic carbocycles. The van der Waals surface area contributed by atoms with Gasteiger partial charge in [0.25, 0.3) is 0 Å². The van der Waals surface area contributed by atoms with Crippen LogP contribution in [0.15, 0.2) is 18.6 Å². The predicted molar refractivity (Wildman–Crippen MR) is 110 cm³/mol. The average molecular weight is 415 g/mol. The fourth-order valence-electron chi connectivity index (χ4n) is 4.16. The van der Waals surface area contributed by atoms with Crippen molar-refractivity contribution in [2.45, 2.75) is 51.3 Å². The lowest BCUT2D eigenvalue weighted by atomic mass is 9.93. The number of urea groups is 1. The number of amides is 3. The Hall–Kier alpha value is -2.88. The molecule has 162 valence electrons. The van der Waals surface area contributed by atoms with Crippen LogP contribution in [0.3, 0.4) is 0 Å². The number of ether oxygens (including phenoxy) is 1. The highest BCUT2D eigenvalue weighted by atomic mass is 16.5. The zero-order valence-electron chi connectivity index (χ0n) is 17.7. The number of carbonyl (C=O) groups excluding carboxylic acids is 2. The molecule has 0 bridgehead atoms. The van der Waals surface area contributed by atoms with Crippen molar-refractivity contribution in [3.05, 3.63) is 29.8 Å². The summed E-state index contributed by atoms with van der Waals surface area (Å²) < 4.78 is 9.07. The van der Waals surface area contributed by atoms with Gasteiger partial charge in [0.05, 0.1) is 36.3 Å². The third kappa shape index (κ3) is 4.48. The minimum Gasteiger partial charge on any atom is -0.372 e. The molecule has 2 aliphatic rings. The number of hydrogen-bond donors (Lipinski definition) is 2. The van der Waals surface area contributed by atoms with Crippen molar-refractivity contribution < 1.29 is 14.3 Å². The zero-order chi connectivity index (χ0) is 21.3. The topological polar surface area (TPSA) is 106 Å². The Labute approximate surface area is 175 Å². The second-order valence-electron chi connectivity index (χ2n) is 8.56. The number of anilines is 1. The molecule has 0 saturated carbocycles. The van der Waals surface area contributed by atoms with E-state index in [4.69, 9.17) is 4.74 Å². The van der Waals surface area contributed by atoms with Gasteiger partial charge < -0.3 is 20.3 Å². The van der Waals surface area contributed by atoms with Gasteiger partial charge in [0, 0.05) is 37.6 Å². The Bertz CT molecular complexity index is 933. The fourth-order valence-corrected chi connectivity index (χ4v) is 4.16. The SMILES string of the molecule is Cn1ncc2c1CCCC2NC(=O)Nc1cnn(CC(=O)N2CCOC(C)(C)C2)c1. The highest BCUT2D eigenvalue weighted by Gasteiger charge is 2.30. The maximum Gasteiger partial charge on any atom is 0.319 e. The van der Waals surface area contributed by atoms with Gasteiger partial charge in [0.1, 0.15) is 6.54 Å². The number of aromatic nitrogens is 4. The molecule has 1 saturated heterocycles. The van der Waals surface area contributed by atoms with Gasteiger partial charge in [-0.25, -0.2) is 4.79 Å². The lowest BCUT2D eigenvalue weighted by Crippen LogP contribution is -2.51. The normalized spacial score (nSPS) is 20.5. The van der Waals surface area contributed by atoms with Crippen molar-refractivity contribution in [3.63, 3.8) is 0 Å². The summed E-state index contributed by atoms with van der Waals surface area (Å²) in [6, 6.07) is -0.346. The maximum atomic E-state index is 12.6. The van der Waals surface area contributed by atoms with Crippen molar-refractivity contribution in [1.29, 1.82) is 0 Å². The molecule has 3 heterocycles. The summed E-state index contributed by atoms with van der Waals surface area (Å²) in [5.74, 6) is -0.0169. The standard InChI is InChI=1S/C20H29N7O3/c1-20(2)13-26(7-8-30-20)18(28)12-27-11-14(9-22-27)23-19(29)24-16-5-4-6-17-15(16)10-21-25(17)3/h9-11,16H,4-8,12-13H2,1-3H3,(H2,23,24,29). The van der Waals surface area contributed by atoms with Gasteiger partial charge in [-0.05, 0) is 33.1 Å². The van der Waals surface area contributed by atoms with Crippen LogP contribution in [0.4, 0.5) is 10.5 Å². The predicted octanol–water partition coefficient (Wildman–Crippen LogP) is 1.45. The zero-order valence-corrected chi connectivity index (χ0v) is 17.7. The van der Waals surface area contributed by atoms with Gasteiger partial charge in [-0.1, -0.05) is 0 Å². The van der Waals surface area contributed by atoms with E-state index in [2.05, 4.69) is 20.8 Å². The van der Waals surface area contributed by atoms with Crippen molar-refractivity contribution in [3.8, 4) is 0 Å². The number of rotatable bonds is 4. The Morgan fingerprint density at radius 3 is 2.93 bits per heavy atom. The van der Waals surface area contributed by atoms with E-state index in [1.54, 1.807) is 22.0 Å². The number of aryl methyl sites for hydroxylation is 1. The highest BCUT2D eigenvalue weighted by Crippen LogP contribution is 2.29. The van der Waals surface area contributed by atoms with E-state index in [0.29, 0.717) is 25.4 Å². The molecule has 30 heavy (non-hydrogen) atoms. The monoisotopic (exact) mass is 415 g/mol. The quantitative estimate of drug-likeness (QED) is 0.786. The summed E-state index contributed by atoms with van der Waals surface area (Å²) in [7, 11) is 1.93. The molecule has 2 aromatic heterocycles. The van der Waals surface area contributed by atoms with Crippen LogP contribution in [0, 0.1) is 0 Å². The fraction of sp³-hybridized carbons (Fsp3) is 0.600. The summed E-state index contributed by atoms with van der Waals surface area (Å²) >= 11 is 0. The van der Waals surface area contributed by atoms with Gasteiger partial charge in [-0.3, -0.25) is 14.2 Å². The van der Waals surface area contributed by atoms with Crippen LogP contribution in [0.2, 0.25) is 0 Å². The molecule has 1 aliphatic carbocycles. The molecule has 10 heteroatoms. The van der Waals surface area contributed by atoms with Gasteiger partial charge in [0.2, 0.25) is 5.91 Å². The summed E-state index contributed by atoms with van der Waals surface area (Å²) in [6.45, 7) is 5.74. The molecule has 1 atom stereocenters. The van der Waals surface area contributed by atoms with Crippen LogP contribution in [0.25, 0.3) is 0 Å². The van der Waals surface area contributed by atoms with E-state index in [1.807, 2.05) is 31.8 Å². The number of nitrogens with one attached hydrogen (secondary N) is 2. The highest BCUT2D eigenvalue weighted by molar-refractivity contribution is 5.89. The molecule has 1 unspecified atom stereocenters. The minimum atomic E-state index is -0.337. The lowest BCUT2D eigenvalue weighted by molar-refractivity contribution is -0.146. The second kappa shape index (κ2) is 8.10. The molecule has 0 spiro atoms. The smallest absolute Gasteiger partial charge is 0.319 e. The summed E-state index contributed by atoms with van der Waals surface area (Å²) in [5.41, 5.74) is 2.46. The Morgan fingerprint density at radius 2 is 2.13 bits per heavy atom. The van der Waals surface area contributed by atoms with E-state index in [9.17, 15) is 9.59 Å². The first-order chi connectivity index (χ1) is 14.3. The first kappa shape index (κ1) is 20.4. The third-order valence-electron chi connectivity index (χ3n) is 5.65. The first-order valence-electron chi connectivity index (χ1n) is 10.3. The Morgan fingerprint density at radius 1 is 1.30 bits per heavy atom. The number of fused-ring (bicyclic) bond motifs is 1. The van der Waals surface area contributed by atoms with E-state index in [-0.39, 0.29) is 30.1 Å². The Balaban J connectivity index is 1.31. The molecule has 4 rings (SSSR count). The van der Waals surface area contributed by atoms with Crippen LogP contribution < -0.4 is 10.6 Å². The van der Waals surface area contributed by atoms with Gasteiger partial charge in [-0.15, -0.1) is 0 Å². The second-order valence-corrected chi connectivity index (χ2v) is 8.56. The molecule has 2 N–H and O–H groups in total. The molecule has 2 aromatic rings. The van der Waals surface area contributed by atoms with Gasteiger partial charge in [0.15, 0.2) is 0 Å². The van der Waals surface area contributed by atoms with Gasteiger partial charge in [-0.2, -0.15) is 10.2 Å². The van der Waals surface area contributed by atoms with Gasteiger partial charge >= 0.3 is 6.03 Å². The summed E-state index contributed by atoms with van der Waals surface area (Å²) in [4.78, 5) is 26.8. The molecular weight excluding hydrogens is 386 g/mol. The van der Waals surface area contributed by atoms with Crippen molar-refractivity contribution in [2.24, 2.45) is 7.05 Å². The van der Waals surface area contributed by atoms with E-state index in [0.717, 1.165) is 24.8 Å². The summed E-state index contributed by atoms with van der Waals surface area (Å²) in [6.07, 6.45) is 7.92. The molecule has 10 nitrogen and oxygen atoms in total. The average Bonchev–Trinajstić information content (AvgIpc) is 3.28. The molecular formula is C20H29N7O3. The molecule has 0 radical (unpaired) electrons. The minimum absolute atomic E-state index is 0.0169. The van der Waals surface area contributed by atoms with Crippen LogP contribution >= 0.6 is 0 Å². The largest absolute Gasteiger partial charge is 0.372 e. The molecule has 1 fully saturated rings. The lowest BCUT2D eigenvalue weighted by Gasteiger charge is -2.38.